The van der Waals surface area contributed by atoms with Crippen LogP contribution < -0.4 is 10.9 Å². The average molecular weight is 421 g/mol. The summed E-state index contributed by atoms with van der Waals surface area (Å²) in [5.41, 5.74) is 2.86. The van der Waals surface area contributed by atoms with Crippen molar-refractivity contribution in [2.24, 2.45) is 4.99 Å². The molecule has 0 atom stereocenters. The fourth-order valence-corrected chi connectivity index (χ4v) is 3.14. The number of hydrogen-bond donors (Lipinski definition) is 1. The van der Waals surface area contributed by atoms with Crippen molar-refractivity contribution in [3.05, 3.63) is 99.2 Å². The fourth-order valence-electron chi connectivity index (χ4n) is 3.01. The van der Waals surface area contributed by atoms with Gasteiger partial charge in [0.15, 0.2) is 0 Å². The van der Waals surface area contributed by atoms with Crippen LogP contribution >= 0.6 is 11.6 Å². The first-order valence-corrected chi connectivity index (χ1v) is 9.61. The summed E-state index contributed by atoms with van der Waals surface area (Å²) in [6.07, 6.45) is 4.83. The molecule has 0 bridgehead atoms. The zero-order valence-corrected chi connectivity index (χ0v) is 17.3. The Balaban J connectivity index is 1.91. The van der Waals surface area contributed by atoms with E-state index in [9.17, 15) is 9.59 Å². The number of aromatic nitrogens is 2. The molecule has 0 unspecified atom stereocenters. The van der Waals surface area contributed by atoms with Crippen LogP contribution in [0.2, 0.25) is 5.02 Å². The van der Waals surface area contributed by atoms with Crippen LogP contribution in [0.15, 0.2) is 76.8 Å². The van der Waals surface area contributed by atoms with E-state index in [4.69, 9.17) is 11.6 Å². The van der Waals surface area contributed by atoms with Crippen molar-refractivity contribution in [3.8, 4) is 0 Å². The van der Waals surface area contributed by atoms with E-state index in [1.165, 1.54) is 4.57 Å². The summed E-state index contributed by atoms with van der Waals surface area (Å²) in [4.78, 5) is 33.8. The van der Waals surface area contributed by atoms with Crippen molar-refractivity contribution in [2.75, 3.05) is 0 Å². The first-order valence-electron chi connectivity index (χ1n) is 9.23. The highest BCUT2D eigenvalue weighted by molar-refractivity contribution is 6.30. The van der Waals surface area contributed by atoms with Crippen molar-refractivity contribution >= 4 is 35.1 Å². The lowest BCUT2D eigenvalue weighted by molar-refractivity contribution is 0.0950. The Morgan fingerprint density at radius 3 is 2.70 bits per heavy atom. The second kappa shape index (κ2) is 9.33. The van der Waals surface area contributed by atoms with Crippen molar-refractivity contribution < 1.29 is 4.79 Å². The van der Waals surface area contributed by atoms with E-state index in [0.717, 1.165) is 11.1 Å². The number of halogens is 1. The van der Waals surface area contributed by atoms with Gasteiger partial charge in [0, 0.05) is 24.0 Å². The normalized spacial score (nSPS) is 11.3. The third-order valence-electron chi connectivity index (χ3n) is 4.63. The molecule has 0 radical (unpaired) electrons. The summed E-state index contributed by atoms with van der Waals surface area (Å²) >= 11 is 5.89. The minimum atomic E-state index is -0.297. The zero-order chi connectivity index (χ0) is 21.7. The molecule has 1 N–H and O–H groups in total. The largest absolute Gasteiger partial charge is 0.348 e. The topological polar surface area (TPSA) is 76.3 Å². The minimum absolute atomic E-state index is 0.247. The molecule has 2 aromatic heterocycles. The van der Waals surface area contributed by atoms with E-state index >= 15 is 0 Å². The first-order chi connectivity index (χ1) is 14.4. The predicted molar refractivity (Wildman–Crippen MR) is 121 cm³/mol. The summed E-state index contributed by atoms with van der Waals surface area (Å²) in [6, 6.07) is 10.6. The van der Waals surface area contributed by atoms with E-state index in [2.05, 4.69) is 28.6 Å². The van der Waals surface area contributed by atoms with E-state index in [1.807, 2.05) is 12.1 Å². The molecule has 2 heterocycles. The van der Waals surface area contributed by atoms with Crippen LogP contribution in [0, 0.1) is 6.92 Å². The van der Waals surface area contributed by atoms with Crippen LogP contribution in [0.4, 0.5) is 0 Å². The molecule has 0 saturated heterocycles. The molecular formula is C23H21ClN4O2. The SMILES string of the molecule is C=C/C(=C\N=C)Cn1ccc2nc(C)c(C(=O)NCc3ccc(Cl)cc3)cc2c1=O. The maximum Gasteiger partial charge on any atom is 0.260 e. The van der Waals surface area contributed by atoms with Gasteiger partial charge >= 0.3 is 0 Å². The molecule has 3 aromatic rings. The van der Waals surface area contributed by atoms with Gasteiger partial charge < -0.3 is 9.88 Å². The Labute approximate surface area is 179 Å². The molecule has 6 nitrogen and oxygen atoms in total. The molecule has 0 fully saturated rings. The van der Waals surface area contributed by atoms with E-state index in [0.29, 0.717) is 40.3 Å². The molecule has 152 valence electrons. The van der Waals surface area contributed by atoms with Gasteiger partial charge in [-0.3, -0.25) is 19.6 Å². The minimum Gasteiger partial charge on any atom is -0.348 e. The Kier molecular flexibility index (Phi) is 6.59. The molecule has 0 aliphatic carbocycles. The van der Waals surface area contributed by atoms with Crippen LogP contribution in [0.3, 0.4) is 0 Å². The third kappa shape index (κ3) is 4.72. The lowest BCUT2D eigenvalue weighted by atomic mass is 10.1. The smallest absolute Gasteiger partial charge is 0.260 e. The zero-order valence-electron chi connectivity index (χ0n) is 16.6. The molecule has 1 amide bonds. The number of fused-ring (bicyclic) bond motifs is 1. The number of nitrogens with one attached hydrogen (secondary N) is 1. The first kappa shape index (κ1) is 21.2. The van der Waals surface area contributed by atoms with Crippen LogP contribution in [0.1, 0.15) is 21.6 Å². The van der Waals surface area contributed by atoms with Gasteiger partial charge in [0.2, 0.25) is 0 Å². The van der Waals surface area contributed by atoms with Gasteiger partial charge in [-0.1, -0.05) is 36.4 Å². The predicted octanol–water partition coefficient (Wildman–Crippen LogP) is 4.06. The lowest BCUT2D eigenvalue weighted by Gasteiger charge is -2.11. The summed E-state index contributed by atoms with van der Waals surface area (Å²) in [7, 11) is 0. The van der Waals surface area contributed by atoms with Gasteiger partial charge in [-0.05, 0) is 49.0 Å². The Morgan fingerprint density at radius 1 is 1.30 bits per heavy atom. The van der Waals surface area contributed by atoms with Gasteiger partial charge in [0.05, 0.1) is 28.7 Å². The average Bonchev–Trinajstić information content (AvgIpc) is 2.74. The maximum atomic E-state index is 13.0. The number of hydrogen-bond acceptors (Lipinski definition) is 4. The van der Waals surface area contributed by atoms with Gasteiger partial charge in [-0.2, -0.15) is 0 Å². The summed E-state index contributed by atoms with van der Waals surface area (Å²) in [5, 5.41) is 3.86. The second-order valence-electron chi connectivity index (χ2n) is 6.70. The highest BCUT2D eigenvalue weighted by atomic mass is 35.5. The molecule has 1 aromatic carbocycles. The standard InChI is InChI=1S/C23H21ClN4O2/c1-4-16(12-25-3)14-28-10-9-21-20(23(28)30)11-19(15(2)27-21)22(29)26-13-17-5-7-18(24)8-6-17/h4-12H,1,3,13-14H2,2H3,(H,26,29)/b16-12+. The van der Waals surface area contributed by atoms with E-state index in [1.54, 1.807) is 49.7 Å². The van der Waals surface area contributed by atoms with Crippen LogP contribution in [-0.4, -0.2) is 22.2 Å². The molecule has 0 saturated carbocycles. The maximum absolute atomic E-state index is 13.0. The number of rotatable bonds is 7. The van der Waals surface area contributed by atoms with E-state index < -0.39 is 0 Å². The summed E-state index contributed by atoms with van der Waals surface area (Å²) in [6.45, 7) is 9.53. The number of carbonyl (C=O) groups is 1. The fraction of sp³-hybridized carbons (Fsp3) is 0.130. The quantitative estimate of drug-likeness (QED) is 0.462. The van der Waals surface area contributed by atoms with Gasteiger partial charge in [-0.25, -0.2) is 0 Å². The number of aryl methyl sites for hydroxylation is 1. The highest BCUT2D eigenvalue weighted by Gasteiger charge is 2.14. The number of nitrogens with zero attached hydrogens (tertiary/aromatic N) is 3. The van der Waals surface area contributed by atoms with E-state index in [-0.39, 0.29) is 11.5 Å². The molecule has 0 aliphatic rings. The Bertz CT molecular complexity index is 1210. The number of allylic oxidation sites excluding steroid dienone is 2. The number of benzene rings is 1. The number of amides is 1. The molecule has 7 heteroatoms. The van der Waals surface area contributed by atoms with Gasteiger partial charge in [0.25, 0.3) is 11.5 Å². The van der Waals surface area contributed by atoms with Crippen molar-refractivity contribution in [1.29, 1.82) is 0 Å². The summed E-state index contributed by atoms with van der Waals surface area (Å²) < 4.78 is 1.52. The number of pyridine rings is 2. The summed E-state index contributed by atoms with van der Waals surface area (Å²) in [5.74, 6) is -0.297. The number of carbonyl (C=O) groups excluding carboxylic acids is 1. The van der Waals surface area contributed by atoms with Gasteiger partial charge in [-0.15, -0.1) is 0 Å². The van der Waals surface area contributed by atoms with Crippen LogP contribution in [-0.2, 0) is 13.1 Å². The molecule has 30 heavy (non-hydrogen) atoms. The van der Waals surface area contributed by atoms with Crippen LogP contribution in [0.25, 0.3) is 10.9 Å². The van der Waals surface area contributed by atoms with Crippen molar-refractivity contribution in [1.82, 2.24) is 14.9 Å². The lowest BCUT2D eigenvalue weighted by Crippen LogP contribution is -2.25. The molecular weight excluding hydrogens is 400 g/mol. The van der Waals surface area contributed by atoms with Crippen LogP contribution in [0.5, 0.6) is 0 Å². The third-order valence-corrected chi connectivity index (χ3v) is 4.88. The van der Waals surface area contributed by atoms with Crippen molar-refractivity contribution in [2.45, 2.75) is 20.0 Å². The number of aliphatic imine (C=N–C) groups is 1. The highest BCUT2D eigenvalue weighted by Crippen LogP contribution is 2.15. The second-order valence-corrected chi connectivity index (χ2v) is 7.14. The molecule has 0 aliphatic heterocycles. The monoisotopic (exact) mass is 420 g/mol. The Hall–Kier alpha value is -3.51. The van der Waals surface area contributed by atoms with Crippen molar-refractivity contribution in [3.63, 3.8) is 0 Å². The Morgan fingerprint density at radius 2 is 2.03 bits per heavy atom. The molecule has 3 rings (SSSR count). The molecule has 0 spiro atoms. The van der Waals surface area contributed by atoms with Gasteiger partial charge in [0.1, 0.15) is 0 Å².